The second-order valence-corrected chi connectivity index (χ2v) is 4.71. The van der Waals surface area contributed by atoms with Gasteiger partial charge in [-0.1, -0.05) is 23.7 Å². The average molecular weight is 301 g/mol. The van der Waals surface area contributed by atoms with Gasteiger partial charge in [-0.3, -0.25) is 15.1 Å². The molecule has 0 unspecified atom stereocenters. The van der Waals surface area contributed by atoms with Crippen molar-refractivity contribution < 1.29 is 9.66 Å². The summed E-state index contributed by atoms with van der Waals surface area (Å²) in [6.07, 6.45) is 1.67. The van der Waals surface area contributed by atoms with Crippen molar-refractivity contribution in [2.75, 3.05) is 0 Å². The summed E-state index contributed by atoms with van der Waals surface area (Å²) in [7, 11) is 0. The molecular weight excluding hydrogens is 292 g/mol. The highest BCUT2D eigenvalue weighted by Crippen LogP contribution is 2.37. The van der Waals surface area contributed by atoms with Crippen LogP contribution in [0.1, 0.15) is 0 Å². The molecule has 2 aromatic carbocycles. The van der Waals surface area contributed by atoms with Gasteiger partial charge in [0.15, 0.2) is 0 Å². The second-order valence-electron chi connectivity index (χ2n) is 4.30. The zero-order chi connectivity index (χ0) is 14.8. The van der Waals surface area contributed by atoms with Gasteiger partial charge in [0.2, 0.25) is 5.75 Å². The summed E-state index contributed by atoms with van der Waals surface area (Å²) in [6.45, 7) is 0. The maximum absolute atomic E-state index is 11.1. The summed E-state index contributed by atoms with van der Waals surface area (Å²) < 4.78 is 5.59. The van der Waals surface area contributed by atoms with Crippen molar-refractivity contribution in [2.45, 2.75) is 0 Å². The summed E-state index contributed by atoms with van der Waals surface area (Å²) in [4.78, 5) is 14.7. The Balaban J connectivity index is 2.02. The SMILES string of the molecule is O=[N+]([O-])c1c(Cl)cccc1Oc1ccc2cccnc2c1. The third-order valence-electron chi connectivity index (χ3n) is 2.94. The standard InChI is InChI=1S/C15H9ClN2O3/c16-12-4-1-5-14(15(12)18(19)20)21-11-7-6-10-3-2-8-17-13(10)9-11/h1-9H. The number of aromatic nitrogens is 1. The molecule has 104 valence electrons. The lowest BCUT2D eigenvalue weighted by molar-refractivity contribution is -0.385. The van der Waals surface area contributed by atoms with E-state index in [1.165, 1.54) is 12.1 Å². The van der Waals surface area contributed by atoms with Gasteiger partial charge >= 0.3 is 5.69 Å². The molecule has 0 N–H and O–H groups in total. The zero-order valence-corrected chi connectivity index (χ0v) is 11.4. The Morgan fingerprint density at radius 3 is 2.81 bits per heavy atom. The molecule has 0 spiro atoms. The Hall–Kier alpha value is -2.66. The van der Waals surface area contributed by atoms with Crippen LogP contribution in [-0.4, -0.2) is 9.91 Å². The van der Waals surface area contributed by atoms with Crippen LogP contribution in [0.15, 0.2) is 54.7 Å². The molecule has 0 saturated heterocycles. The first-order chi connectivity index (χ1) is 10.1. The van der Waals surface area contributed by atoms with E-state index in [0.29, 0.717) is 5.75 Å². The Labute approximate surface area is 124 Å². The molecule has 0 aliphatic heterocycles. The molecule has 0 aliphatic carbocycles. The molecule has 5 nitrogen and oxygen atoms in total. The van der Waals surface area contributed by atoms with Crippen molar-refractivity contribution >= 4 is 28.2 Å². The van der Waals surface area contributed by atoms with Crippen molar-refractivity contribution in [3.05, 3.63) is 69.9 Å². The topological polar surface area (TPSA) is 65.3 Å². The van der Waals surface area contributed by atoms with Crippen LogP contribution in [0.3, 0.4) is 0 Å². The summed E-state index contributed by atoms with van der Waals surface area (Å²) in [5, 5.41) is 12.1. The van der Waals surface area contributed by atoms with Crippen LogP contribution in [0, 0.1) is 10.1 Å². The lowest BCUT2D eigenvalue weighted by Crippen LogP contribution is -1.94. The van der Waals surface area contributed by atoms with Crippen molar-refractivity contribution in [1.82, 2.24) is 4.98 Å². The average Bonchev–Trinajstić information content (AvgIpc) is 2.47. The van der Waals surface area contributed by atoms with Crippen LogP contribution >= 0.6 is 11.6 Å². The maximum Gasteiger partial charge on any atom is 0.329 e. The third kappa shape index (κ3) is 2.64. The minimum absolute atomic E-state index is 0.0383. The number of benzene rings is 2. The fourth-order valence-corrected chi connectivity index (χ4v) is 2.23. The molecule has 21 heavy (non-hydrogen) atoms. The fourth-order valence-electron chi connectivity index (χ4n) is 1.99. The first kappa shape index (κ1) is 13.3. The van der Waals surface area contributed by atoms with Gasteiger partial charge < -0.3 is 4.74 Å². The number of nitro benzene ring substituents is 1. The van der Waals surface area contributed by atoms with Gasteiger partial charge in [-0.2, -0.15) is 0 Å². The number of hydrogen-bond donors (Lipinski definition) is 0. The lowest BCUT2D eigenvalue weighted by Gasteiger charge is -2.07. The molecule has 0 fully saturated rings. The van der Waals surface area contributed by atoms with E-state index in [-0.39, 0.29) is 16.5 Å². The van der Waals surface area contributed by atoms with Gasteiger partial charge in [0.1, 0.15) is 10.8 Å². The first-order valence-electron chi connectivity index (χ1n) is 6.11. The third-order valence-corrected chi connectivity index (χ3v) is 3.24. The summed E-state index contributed by atoms with van der Waals surface area (Å²) in [5.41, 5.74) is 0.500. The number of nitrogens with zero attached hydrogens (tertiary/aromatic N) is 2. The molecule has 0 bridgehead atoms. The van der Waals surface area contributed by atoms with Crippen LogP contribution < -0.4 is 4.74 Å². The van der Waals surface area contributed by atoms with Gasteiger partial charge in [0.25, 0.3) is 0 Å². The van der Waals surface area contributed by atoms with E-state index < -0.39 is 4.92 Å². The van der Waals surface area contributed by atoms with Gasteiger partial charge in [0, 0.05) is 17.6 Å². The van der Waals surface area contributed by atoms with Crippen molar-refractivity contribution in [3.8, 4) is 11.5 Å². The second kappa shape index (κ2) is 5.38. The number of nitro groups is 1. The molecule has 0 atom stereocenters. The predicted octanol–water partition coefficient (Wildman–Crippen LogP) is 4.59. The summed E-state index contributed by atoms with van der Waals surface area (Å²) >= 11 is 5.85. The van der Waals surface area contributed by atoms with Gasteiger partial charge in [-0.05, 0) is 30.3 Å². The van der Waals surface area contributed by atoms with Crippen LogP contribution in [0.5, 0.6) is 11.5 Å². The highest BCUT2D eigenvalue weighted by molar-refractivity contribution is 6.32. The number of rotatable bonds is 3. The molecule has 6 heteroatoms. The molecule has 1 aromatic heterocycles. The minimum Gasteiger partial charge on any atom is -0.450 e. The Morgan fingerprint density at radius 1 is 1.14 bits per heavy atom. The number of ether oxygens (including phenoxy) is 1. The van der Waals surface area contributed by atoms with Crippen LogP contribution in [0.4, 0.5) is 5.69 Å². The first-order valence-corrected chi connectivity index (χ1v) is 6.48. The van der Waals surface area contributed by atoms with Gasteiger partial charge in [-0.25, -0.2) is 0 Å². The quantitative estimate of drug-likeness (QED) is 0.524. The zero-order valence-electron chi connectivity index (χ0n) is 10.7. The number of fused-ring (bicyclic) bond motifs is 1. The fraction of sp³-hybridized carbons (Fsp3) is 0. The predicted molar refractivity (Wildman–Crippen MR) is 79.9 cm³/mol. The van der Waals surface area contributed by atoms with Crippen LogP contribution in [0.2, 0.25) is 5.02 Å². The van der Waals surface area contributed by atoms with Crippen molar-refractivity contribution in [3.63, 3.8) is 0 Å². The van der Waals surface area contributed by atoms with E-state index in [1.807, 2.05) is 18.2 Å². The molecule has 0 amide bonds. The number of hydrogen-bond acceptors (Lipinski definition) is 4. The number of pyridine rings is 1. The molecule has 0 aliphatic rings. The molecule has 0 radical (unpaired) electrons. The van der Waals surface area contributed by atoms with E-state index >= 15 is 0 Å². The molecule has 1 heterocycles. The van der Waals surface area contributed by atoms with Gasteiger partial charge in [0.05, 0.1) is 10.4 Å². The molecule has 0 saturated carbocycles. The van der Waals surface area contributed by atoms with Gasteiger partial charge in [-0.15, -0.1) is 0 Å². The van der Waals surface area contributed by atoms with E-state index in [0.717, 1.165) is 10.9 Å². The Morgan fingerprint density at radius 2 is 2.00 bits per heavy atom. The highest BCUT2D eigenvalue weighted by Gasteiger charge is 2.20. The normalized spacial score (nSPS) is 10.5. The minimum atomic E-state index is -0.559. The largest absolute Gasteiger partial charge is 0.450 e. The molecule has 3 rings (SSSR count). The molecule has 3 aromatic rings. The van der Waals surface area contributed by atoms with E-state index in [4.69, 9.17) is 16.3 Å². The summed E-state index contributed by atoms with van der Waals surface area (Å²) in [6, 6.07) is 13.6. The van der Waals surface area contributed by atoms with Crippen LogP contribution in [-0.2, 0) is 0 Å². The van der Waals surface area contributed by atoms with E-state index in [2.05, 4.69) is 4.98 Å². The molecular formula is C15H9ClN2O3. The van der Waals surface area contributed by atoms with Crippen molar-refractivity contribution in [2.24, 2.45) is 0 Å². The smallest absolute Gasteiger partial charge is 0.329 e. The van der Waals surface area contributed by atoms with E-state index in [1.54, 1.807) is 24.4 Å². The highest BCUT2D eigenvalue weighted by atomic mass is 35.5. The monoisotopic (exact) mass is 300 g/mol. The van der Waals surface area contributed by atoms with E-state index in [9.17, 15) is 10.1 Å². The number of para-hydroxylation sites is 1. The Kier molecular flexibility index (Phi) is 3.41. The Bertz CT molecular complexity index is 836. The van der Waals surface area contributed by atoms with Crippen LogP contribution in [0.25, 0.3) is 10.9 Å². The lowest BCUT2D eigenvalue weighted by atomic mass is 10.2. The van der Waals surface area contributed by atoms with Crippen molar-refractivity contribution in [1.29, 1.82) is 0 Å². The maximum atomic E-state index is 11.1. The summed E-state index contributed by atoms with van der Waals surface area (Å²) in [5.74, 6) is 0.564. The number of halogens is 1.